The Bertz CT molecular complexity index is 378. The lowest BCUT2D eigenvalue weighted by molar-refractivity contribution is 0.0742. The highest BCUT2D eigenvalue weighted by Crippen LogP contribution is 2.20. The van der Waals surface area contributed by atoms with Crippen molar-refractivity contribution in [2.24, 2.45) is 0 Å². The van der Waals surface area contributed by atoms with Crippen molar-refractivity contribution in [2.75, 3.05) is 12.3 Å². The number of pyridine rings is 1. The third-order valence-electron chi connectivity index (χ3n) is 2.86. The van der Waals surface area contributed by atoms with Crippen LogP contribution < -0.4 is 5.73 Å². The van der Waals surface area contributed by atoms with Crippen molar-refractivity contribution in [3.8, 4) is 0 Å². The molecule has 2 rings (SSSR count). The number of amides is 1. The molecule has 1 aliphatic rings. The van der Waals surface area contributed by atoms with Crippen LogP contribution in [0.4, 0.5) is 5.69 Å². The number of nitrogens with zero attached hydrogens (tertiary/aromatic N) is 2. The Kier molecular flexibility index (Phi) is 2.58. The van der Waals surface area contributed by atoms with Gasteiger partial charge in [0.2, 0.25) is 0 Å². The summed E-state index contributed by atoms with van der Waals surface area (Å²) in [5, 5.41) is 0. The van der Waals surface area contributed by atoms with E-state index in [2.05, 4.69) is 11.9 Å². The highest BCUT2D eigenvalue weighted by atomic mass is 16.2. The van der Waals surface area contributed by atoms with E-state index in [1.54, 1.807) is 18.3 Å². The number of carbonyl (C=O) groups is 1. The molecule has 0 bridgehead atoms. The number of nitrogens with two attached hydrogens (primary N) is 1. The van der Waals surface area contributed by atoms with Crippen molar-refractivity contribution in [3.05, 3.63) is 24.0 Å². The quantitative estimate of drug-likeness (QED) is 0.751. The van der Waals surface area contributed by atoms with Gasteiger partial charge in [-0.05, 0) is 31.9 Å². The first-order valence-corrected chi connectivity index (χ1v) is 5.21. The number of hydrogen-bond donors (Lipinski definition) is 1. The molecule has 1 aromatic rings. The lowest BCUT2D eigenvalue weighted by atomic mass is 10.2. The van der Waals surface area contributed by atoms with Gasteiger partial charge in [0.1, 0.15) is 0 Å². The Morgan fingerprint density at radius 2 is 2.47 bits per heavy atom. The molecule has 1 saturated heterocycles. The van der Waals surface area contributed by atoms with E-state index in [-0.39, 0.29) is 5.91 Å². The van der Waals surface area contributed by atoms with Crippen LogP contribution in [0.2, 0.25) is 0 Å². The summed E-state index contributed by atoms with van der Waals surface area (Å²) >= 11 is 0. The third kappa shape index (κ3) is 1.79. The minimum Gasteiger partial charge on any atom is -0.397 e. The summed E-state index contributed by atoms with van der Waals surface area (Å²) in [5.41, 5.74) is 6.57. The number of anilines is 1. The Labute approximate surface area is 89.1 Å². The average Bonchev–Trinajstić information content (AvgIpc) is 2.64. The summed E-state index contributed by atoms with van der Waals surface area (Å²) in [5.74, 6) is -0.0434. The van der Waals surface area contributed by atoms with Crippen LogP contribution in [0.25, 0.3) is 0 Å². The van der Waals surface area contributed by atoms with Gasteiger partial charge < -0.3 is 10.6 Å². The molecule has 1 aromatic heterocycles. The molecule has 4 heteroatoms. The lowest BCUT2D eigenvalue weighted by Crippen LogP contribution is -2.34. The van der Waals surface area contributed by atoms with Gasteiger partial charge in [-0.25, -0.2) is 4.98 Å². The van der Waals surface area contributed by atoms with Gasteiger partial charge in [-0.2, -0.15) is 0 Å². The fourth-order valence-corrected chi connectivity index (χ4v) is 1.97. The normalized spacial score (nSPS) is 20.6. The number of rotatable bonds is 1. The van der Waals surface area contributed by atoms with Crippen LogP contribution >= 0.6 is 0 Å². The standard InChI is InChI=1S/C11H15N3O/c1-8-4-3-7-14(8)11(15)10-9(12)5-2-6-13-10/h2,5-6,8H,3-4,7,12H2,1H3. The summed E-state index contributed by atoms with van der Waals surface area (Å²) < 4.78 is 0. The summed E-state index contributed by atoms with van der Waals surface area (Å²) in [6.45, 7) is 2.88. The SMILES string of the molecule is CC1CCCN1C(=O)c1ncccc1N. The molecule has 80 valence electrons. The molecular weight excluding hydrogens is 190 g/mol. The molecule has 1 unspecified atom stereocenters. The monoisotopic (exact) mass is 205 g/mol. The van der Waals surface area contributed by atoms with Crippen molar-refractivity contribution < 1.29 is 4.79 Å². The van der Waals surface area contributed by atoms with E-state index in [0.717, 1.165) is 19.4 Å². The molecule has 1 atom stereocenters. The van der Waals surface area contributed by atoms with Gasteiger partial charge in [0.05, 0.1) is 5.69 Å². The second-order valence-electron chi connectivity index (χ2n) is 3.93. The van der Waals surface area contributed by atoms with Crippen LogP contribution in [0.1, 0.15) is 30.3 Å². The topological polar surface area (TPSA) is 59.2 Å². The number of hydrogen-bond acceptors (Lipinski definition) is 3. The first-order chi connectivity index (χ1) is 7.20. The van der Waals surface area contributed by atoms with E-state index in [1.165, 1.54) is 0 Å². The number of aromatic nitrogens is 1. The fraction of sp³-hybridized carbons (Fsp3) is 0.455. The Balaban J connectivity index is 2.24. The molecule has 0 aliphatic carbocycles. The molecule has 0 saturated carbocycles. The zero-order chi connectivity index (χ0) is 10.8. The van der Waals surface area contributed by atoms with E-state index in [0.29, 0.717) is 17.4 Å². The first kappa shape index (κ1) is 9.96. The Morgan fingerprint density at radius 3 is 3.07 bits per heavy atom. The van der Waals surface area contributed by atoms with E-state index < -0.39 is 0 Å². The maximum Gasteiger partial charge on any atom is 0.274 e. The molecular formula is C11H15N3O. The number of carbonyl (C=O) groups excluding carboxylic acids is 1. The largest absolute Gasteiger partial charge is 0.397 e. The summed E-state index contributed by atoms with van der Waals surface area (Å²) in [6.07, 6.45) is 3.74. The van der Waals surface area contributed by atoms with E-state index >= 15 is 0 Å². The first-order valence-electron chi connectivity index (χ1n) is 5.21. The Hall–Kier alpha value is -1.58. The van der Waals surface area contributed by atoms with Gasteiger partial charge >= 0.3 is 0 Å². The molecule has 1 fully saturated rings. The molecule has 0 radical (unpaired) electrons. The number of nitrogen functional groups attached to an aromatic ring is 1. The predicted octanol–water partition coefficient (Wildman–Crippen LogP) is 1.29. The van der Waals surface area contributed by atoms with Gasteiger partial charge in [0, 0.05) is 18.8 Å². The molecule has 2 N–H and O–H groups in total. The van der Waals surface area contributed by atoms with E-state index in [4.69, 9.17) is 5.73 Å². The Morgan fingerprint density at radius 1 is 1.67 bits per heavy atom. The second-order valence-corrected chi connectivity index (χ2v) is 3.93. The third-order valence-corrected chi connectivity index (χ3v) is 2.86. The molecule has 2 heterocycles. The highest BCUT2D eigenvalue weighted by Gasteiger charge is 2.27. The van der Waals surface area contributed by atoms with Gasteiger partial charge in [0.25, 0.3) is 5.91 Å². The average molecular weight is 205 g/mol. The van der Waals surface area contributed by atoms with Crippen molar-refractivity contribution in [1.29, 1.82) is 0 Å². The second kappa shape index (κ2) is 3.88. The van der Waals surface area contributed by atoms with Gasteiger partial charge in [-0.3, -0.25) is 4.79 Å². The van der Waals surface area contributed by atoms with E-state index in [1.807, 2.05) is 4.90 Å². The van der Waals surface area contributed by atoms with Crippen molar-refractivity contribution in [3.63, 3.8) is 0 Å². The minimum atomic E-state index is -0.0434. The van der Waals surface area contributed by atoms with Gasteiger partial charge in [0.15, 0.2) is 5.69 Å². The van der Waals surface area contributed by atoms with E-state index in [9.17, 15) is 4.79 Å². The van der Waals surface area contributed by atoms with Crippen molar-refractivity contribution in [2.45, 2.75) is 25.8 Å². The van der Waals surface area contributed by atoms with Crippen molar-refractivity contribution in [1.82, 2.24) is 9.88 Å². The maximum atomic E-state index is 12.1. The predicted molar refractivity (Wildman–Crippen MR) is 58.4 cm³/mol. The molecule has 0 spiro atoms. The maximum absolute atomic E-state index is 12.1. The summed E-state index contributed by atoms with van der Waals surface area (Å²) in [6, 6.07) is 3.75. The van der Waals surface area contributed by atoms with Crippen molar-refractivity contribution >= 4 is 11.6 Å². The van der Waals surface area contributed by atoms with Crippen LogP contribution in [-0.4, -0.2) is 28.4 Å². The van der Waals surface area contributed by atoms with Crippen LogP contribution in [0.15, 0.2) is 18.3 Å². The minimum absolute atomic E-state index is 0.0434. The highest BCUT2D eigenvalue weighted by molar-refractivity contribution is 5.97. The van der Waals surface area contributed by atoms with Crippen LogP contribution in [0.5, 0.6) is 0 Å². The van der Waals surface area contributed by atoms with Gasteiger partial charge in [-0.15, -0.1) is 0 Å². The summed E-state index contributed by atoms with van der Waals surface area (Å²) in [4.78, 5) is 17.9. The van der Waals surface area contributed by atoms with Crippen LogP contribution in [0, 0.1) is 0 Å². The molecule has 1 amide bonds. The fourth-order valence-electron chi connectivity index (χ4n) is 1.97. The lowest BCUT2D eigenvalue weighted by Gasteiger charge is -2.21. The van der Waals surface area contributed by atoms with Gasteiger partial charge in [-0.1, -0.05) is 0 Å². The molecule has 4 nitrogen and oxygen atoms in total. The van der Waals surface area contributed by atoms with Crippen LogP contribution in [-0.2, 0) is 0 Å². The zero-order valence-electron chi connectivity index (χ0n) is 8.81. The molecule has 0 aromatic carbocycles. The van der Waals surface area contributed by atoms with Crippen LogP contribution in [0.3, 0.4) is 0 Å². The smallest absolute Gasteiger partial charge is 0.274 e. The molecule has 1 aliphatic heterocycles. The zero-order valence-corrected chi connectivity index (χ0v) is 8.81. The molecule has 15 heavy (non-hydrogen) atoms. The summed E-state index contributed by atoms with van der Waals surface area (Å²) in [7, 11) is 0. The number of likely N-dealkylation sites (tertiary alicyclic amines) is 1.